The van der Waals surface area contributed by atoms with E-state index in [-0.39, 0.29) is 19.0 Å². The Morgan fingerprint density at radius 3 is 2.14 bits per heavy atom. The summed E-state index contributed by atoms with van der Waals surface area (Å²) in [6.07, 6.45) is -15.1. The van der Waals surface area contributed by atoms with Gasteiger partial charge in [0.25, 0.3) is 0 Å². The van der Waals surface area contributed by atoms with Gasteiger partial charge >= 0.3 is 6.03 Å². The van der Waals surface area contributed by atoms with Gasteiger partial charge in [-0.3, -0.25) is 4.90 Å². The summed E-state index contributed by atoms with van der Waals surface area (Å²) in [6.45, 7) is 0.139. The molecule has 0 aromatic rings. The molecular formula is C19H34ClN3O12. The topological polar surface area (TPSA) is 222 Å². The third kappa shape index (κ3) is 6.75. The van der Waals surface area contributed by atoms with Gasteiger partial charge in [0.05, 0.1) is 25.0 Å². The zero-order valence-electron chi connectivity index (χ0n) is 19.1. The first-order valence-corrected chi connectivity index (χ1v) is 11.8. The lowest BCUT2D eigenvalue weighted by molar-refractivity contribution is -0.347. The molecule has 0 aliphatic carbocycles. The van der Waals surface area contributed by atoms with Gasteiger partial charge in [-0.1, -0.05) is 13.3 Å². The van der Waals surface area contributed by atoms with Gasteiger partial charge in [-0.15, -0.1) is 16.5 Å². The quantitative estimate of drug-likeness (QED) is 0.0807. The Hall–Kier alpha value is -1.24. The van der Waals surface area contributed by atoms with Crippen LogP contribution in [0.1, 0.15) is 19.8 Å². The number of rotatable bonds is 11. The Kier molecular flexibility index (Phi) is 11.9. The molecule has 2 heterocycles. The Bertz CT molecular complexity index is 677. The van der Waals surface area contributed by atoms with Crippen molar-refractivity contribution in [2.24, 2.45) is 5.29 Å². The average molecular weight is 532 g/mol. The van der Waals surface area contributed by atoms with Gasteiger partial charge in [0.1, 0.15) is 48.8 Å². The number of aliphatic hydroxyl groups is 7. The Balaban J connectivity index is 2.25. The van der Waals surface area contributed by atoms with E-state index in [0.717, 1.165) is 4.90 Å². The molecule has 0 spiro atoms. The van der Waals surface area contributed by atoms with E-state index in [4.69, 9.17) is 25.8 Å². The summed E-state index contributed by atoms with van der Waals surface area (Å²) in [5.41, 5.74) is 0. The third-order valence-corrected chi connectivity index (χ3v) is 6.07. The molecule has 16 heteroatoms. The first-order valence-electron chi connectivity index (χ1n) is 11.2. The highest BCUT2D eigenvalue weighted by Gasteiger charge is 2.52. The number of unbranched alkanes of at least 4 members (excludes halogenated alkanes) is 1. The molecular weight excluding hydrogens is 498 g/mol. The second-order valence-electron chi connectivity index (χ2n) is 8.25. The van der Waals surface area contributed by atoms with Gasteiger partial charge in [0.2, 0.25) is 0 Å². The van der Waals surface area contributed by atoms with Crippen LogP contribution in [0.3, 0.4) is 0 Å². The maximum atomic E-state index is 12.9. The molecule has 204 valence electrons. The molecule has 2 aliphatic rings. The molecule has 15 nitrogen and oxygen atoms in total. The molecule has 0 aromatic carbocycles. The first-order chi connectivity index (χ1) is 16.7. The third-order valence-electron chi connectivity index (χ3n) is 5.90. The number of amides is 2. The number of nitroso groups, excluding NO2 is 1. The summed E-state index contributed by atoms with van der Waals surface area (Å²) in [5.74, 6) is -0.0932. The van der Waals surface area contributed by atoms with Crippen molar-refractivity contribution >= 4 is 17.6 Å². The van der Waals surface area contributed by atoms with Crippen LogP contribution >= 0.6 is 11.6 Å². The molecule has 2 rings (SSSR count). The molecule has 0 aromatic heterocycles. The number of hydrogen-bond donors (Lipinski definition) is 7. The van der Waals surface area contributed by atoms with E-state index in [2.05, 4.69) is 5.29 Å². The number of nitrogens with zero attached hydrogens (tertiary/aromatic N) is 3. The fourth-order valence-electron chi connectivity index (χ4n) is 3.89. The van der Waals surface area contributed by atoms with Crippen LogP contribution in [0.2, 0.25) is 0 Å². The van der Waals surface area contributed by atoms with Crippen LogP contribution in [-0.4, -0.2) is 145 Å². The van der Waals surface area contributed by atoms with Crippen LogP contribution in [0.15, 0.2) is 5.29 Å². The van der Waals surface area contributed by atoms with E-state index in [1.54, 1.807) is 0 Å². The number of urea groups is 1. The van der Waals surface area contributed by atoms with Crippen LogP contribution in [-0.2, 0) is 14.2 Å². The number of hydrogen-bond acceptors (Lipinski definition) is 13. The number of carbonyl (C=O) groups excluding carboxylic acids is 1. The summed E-state index contributed by atoms with van der Waals surface area (Å²) in [6, 6.07) is -0.935. The zero-order chi connectivity index (χ0) is 26.3. The highest BCUT2D eigenvalue weighted by molar-refractivity contribution is 6.18. The van der Waals surface area contributed by atoms with Gasteiger partial charge in [0, 0.05) is 12.4 Å². The van der Waals surface area contributed by atoms with Crippen molar-refractivity contribution in [3.8, 4) is 0 Å². The minimum absolute atomic E-state index is 0.00840. The van der Waals surface area contributed by atoms with Crippen molar-refractivity contribution in [3.05, 3.63) is 4.91 Å². The molecule has 1 unspecified atom stereocenters. The summed E-state index contributed by atoms with van der Waals surface area (Å²) >= 11 is 5.61. The van der Waals surface area contributed by atoms with Crippen molar-refractivity contribution in [1.82, 2.24) is 9.91 Å². The van der Waals surface area contributed by atoms with Crippen LogP contribution in [0, 0.1) is 4.91 Å². The molecule has 2 amide bonds. The van der Waals surface area contributed by atoms with Gasteiger partial charge in [0.15, 0.2) is 12.5 Å². The summed E-state index contributed by atoms with van der Waals surface area (Å²) < 4.78 is 16.4. The van der Waals surface area contributed by atoms with Gasteiger partial charge in [-0.25, -0.2) is 4.79 Å². The number of halogens is 1. The predicted octanol–water partition coefficient (Wildman–Crippen LogP) is -2.95. The summed E-state index contributed by atoms with van der Waals surface area (Å²) in [7, 11) is 0. The van der Waals surface area contributed by atoms with Crippen molar-refractivity contribution in [3.63, 3.8) is 0 Å². The van der Waals surface area contributed by atoms with Crippen molar-refractivity contribution in [1.29, 1.82) is 0 Å². The minimum atomic E-state index is -1.81. The second kappa shape index (κ2) is 13.9. The van der Waals surface area contributed by atoms with E-state index < -0.39 is 80.6 Å². The van der Waals surface area contributed by atoms with Crippen LogP contribution < -0.4 is 0 Å². The van der Waals surface area contributed by atoms with Gasteiger partial charge < -0.3 is 50.0 Å². The van der Waals surface area contributed by atoms with E-state index in [9.17, 15) is 45.4 Å². The number of alkyl halides is 1. The van der Waals surface area contributed by atoms with Gasteiger partial charge in [-0.05, 0) is 6.42 Å². The maximum Gasteiger partial charge on any atom is 0.345 e. The van der Waals surface area contributed by atoms with Crippen molar-refractivity contribution in [2.75, 3.05) is 32.2 Å². The van der Waals surface area contributed by atoms with Gasteiger partial charge in [-0.2, -0.15) is 5.01 Å². The lowest BCUT2D eigenvalue weighted by Gasteiger charge is -2.48. The molecule has 10 atom stereocenters. The Morgan fingerprint density at radius 2 is 1.60 bits per heavy atom. The molecule has 2 saturated heterocycles. The Labute approximate surface area is 206 Å². The lowest BCUT2D eigenvalue weighted by atomic mass is 9.96. The number of aliphatic hydroxyl groups excluding tert-OH is 7. The van der Waals surface area contributed by atoms with Crippen molar-refractivity contribution in [2.45, 2.75) is 81.1 Å². The molecule has 2 fully saturated rings. The van der Waals surface area contributed by atoms with Crippen LogP contribution in [0.25, 0.3) is 0 Å². The maximum absolute atomic E-state index is 12.9. The van der Waals surface area contributed by atoms with E-state index in [1.807, 2.05) is 6.92 Å². The summed E-state index contributed by atoms with van der Waals surface area (Å²) in [4.78, 5) is 25.0. The normalized spacial score (nSPS) is 37.6. The van der Waals surface area contributed by atoms with Crippen molar-refractivity contribution < 1.29 is 54.8 Å². The standard InChI is InChI=1S/C19H34ClN3O12/c1-2-3-5-22(19(31)23(21-32)6-4-20)17-14(29)13(28)16(10(8-25)33-17)35-18-15(30)12(27)11(26)9(7-24)34-18/h9-18,24-30H,2-8H2,1H3/t9-,10-,11+,12+,13-,14-,15-,16-,17?,18+/m1/s1. The van der Waals surface area contributed by atoms with Crippen LogP contribution in [0.4, 0.5) is 4.79 Å². The van der Waals surface area contributed by atoms with E-state index >= 15 is 0 Å². The lowest BCUT2D eigenvalue weighted by Crippen LogP contribution is -2.67. The summed E-state index contributed by atoms with van der Waals surface area (Å²) in [5, 5.41) is 74.1. The van der Waals surface area contributed by atoms with E-state index in [0.29, 0.717) is 17.9 Å². The molecule has 7 N–H and O–H groups in total. The SMILES string of the molecule is CCCCN(C(=O)N(CCCl)N=O)C1O[C@H](CO)[C@@H](O[C@@H]2O[C@H](CO)[C@H](O)[C@H](O)[C@H]2O)[C@H](O)[C@H]1O. The fourth-order valence-corrected chi connectivity index (χ4v) is 4.05. The average Bonchev–Trinajstić information content (AvgIpc) is 2.86. The van der Waals surface area contributed by atoms with Crippen LogP contribution in [0.5, 0.6) is 0 Å². The molecule has 0 radical (unpaired) electrons. The monoisotopic (exact) mass is 531 g/mol. The highest BCUT2D eigenvalue weighted by atomic mass is 35.5. The fraction of sp³-hybridized carbons (Fsp3) is 0.947. The predicted molar refractivity (Wildman–Crippen MR) is 117 cm³/mol. The number of carbonyl (C=O) groups is 1. The smallest absolute Gasteiger partial charge is 0.345 e. The number of ether oxygens (including phenoxy) is 3. The molecule has 0 saturated carbocycles. The Morgan fingerprint density at radius 1 is 0.943 bits per heavy atom. The largest absolute Gasteiger partial charge is 0.394 e. The zero-order valence-corrected chi connectivity index (χ0v) is 19.9. The molecule has 2 aliphatic heterocycles. The molecule has 0 bridgehead atoms. The van der Waals surface area contributed by atoms with E-state index in [1.165, 1.54) is 0 Å². The minimum Gasteiger partial charge on any atom is -0.394 e. The highest BCUT2D eigenvalue weighted by Crippen LogP contribution is 2.30. The second-order valence-corrected chi connectivity index (χ2v) is 8.63. The molecule has 35 heavy (non-hydrogen) atoms. The first kappa shape index (κ1) is 30.0.